The molecular formula is C11H24N2O2. The highest BCUT2D eigenvalue weighted by molar-refractivity contribution is 5.77. The molecule has 1 amide bonds. The normalized spacial score (nSPS) is 10.7. The number of hydrogen-bond acceptors (Lipinski definition) is 3. The zero-order valence-corrected chi connectivity index (χ0v) is 10.2. The Balaban J connectivity index is 3.27. The fraction of sp³-hybridized carbons (Fsp3) is 0.909. The van der Waals surface area contributed by atoms with Gasteiger partial charge in [-0.3, -0.25) is 4.79 Å². The number of methoxy groups -OCH3 is 1. The van der Waals surface area contributed by atoms with E-state index in [-0.39, 0.29) is 12.5 Å². The minimum absolute atomic E-state index is 0.0275. The van der Waals surface area contributed by atoms with E-state index in [1.54, 1.807) is 0 Å². The third-order valence-electron chi connectivity index (χ3n) is 2.39. The van der Waals surface area contributed by atoms with Gasteiger partial charge in [0.2, 0.25) is 5.91 Å². The molecule has 0 atom stereocenters. The summed E-state index contributed by atoms with van der Waals surface area (Å²) in [4.78, 5) is 13.4. The topological polar surface area (TPSA) is 41.6 Å². The molecule has 4 heteroatoms. The van der Waals surface area contributed by atoms with Gasteiger partial charge >= 0.3 is 0 Å². The summed E-state index contributed by atoms with van der Waals surface area (Å²) in [5, 5.41) is 2.81. The first-order valence-electron chi connectivity index (χ1n) is 5.72. The second-order valence-electron chi connectivity index (χ2n) is 3.52. The molecule has 0 spiro atoms. The lowest BCUT2D eigenvalue weighted by Crippen LogP contribution is -2.29. The van der Waals surface area contributed by atoms with Gasteiger partial charge in [-0.05, 0) is 32.5 Å². The molecule has 0 aliphatic carbocycles. The predicted octanol–water partition coefficient (Wildman–Crippen LogP) is 0.871. The number of hydrogen-bond donors (Lipinski definition) is 1. The van der Waals surface area contributed by atoms with Crippen molar-refractivity contribution in [2.45, 2.75) is 26.7 Å². The molecule has 90 valence electrons. The van der Waals surface area contributed by atoms with Crippen LogP contribution in [0.25, 0.3) is 0 Å². The van der Waals surface area contributed by atoms with Crippen molar-refractivity contribution in [1.82, 2.24) is 10.2 Å². The highest BCUT2D eigenvalue weighted by Gasteiger charge is 2.00. The number of ether oxygens (including phenoxy) is 1. The first kappa shape index (κ1) is 14.4. The van der Waals surface area contributed by atoms with E-state index in [0.717, 1.165) is 39.0 Å². The maximum Gasteiger partial charge on any atom is 0.245 e. The van der Waals surface area contributed by atoms with Crippen LogP contribution >= 0.6 is 0 Å². The van der Waals surface area contributed by atoms with Crippen LogP contribution in [0, 0.1) is 0 Å². The van der Waals surface area contributed by atoms with Gasteiger partial charge in [-0.25, -0.2) is 0 Å². The number of nitrogens with zero attached hydrogens (tertiary/aromatic N) is 1. The van der Waals surface area contributed by atoms with E-state index in [4.69, 9.17) is 4.74 Å². The molecule has 0 saturated heterocycles. The van der Waals surface area contributed by atoms with E-state index >= 15 is 0 Å². The molecule has 0 aromatic heterocycles. The predicted molar refractivity (Wildman–Crippen MR) is 61.9 cm³/mol. The van der Waals surface area contributed by atoms with E-state index < -0.39 is 0 Å². The van der Waals surface area contributed by atoms with Crippen molar-refractivity contribution >= 4 is 5.91 Å². The molecule has 1 N–H and O–H groups in total. The second kappa shape index (κ2) is 9.93. The van der Waals surface area contributed by atoms with E-state index in [9.17, 15) is 4.79 Å². The fourth-order valence-electron chi connectivity index (χ4n) is 1.41. The molecule has 0 aliphatic heterocycles. The molecule has 0 heterocycles. The zero-order chi connectivity index (χ0) is 11.5. The molecule has 0 aromatic carbocycles. The molecular weight excluding hydrogens is 192 g/mol. The van der Waals surface area contributed by atoms with Gasteiger partial charge in [-0.1, -0.05) is 13.8 Å². The molecule has 0 rings (SSSR count). The lowest BCUT2D eigenvalue weighted by Gasteiger charge is -2.17. The van der Waals surface area contributed by atoms with Gasteiger partial charge in [-0.2, -0.15) is 0 Å². The first-order chi connectivity index (χ1) is 7.24. The van der Waals surface area contributed by atoms with Crippen LogP contribution in [0.2, 0.25) is 0 Å². The maximum atomic E-state index is 11.0. The summed E-state index contributed by atoms with van der Waals surface area (Å²) < 4.78 is 4.71. The summed E-state index contributed by atoms with van der Waals surface area (Å²) in [6.07, 6.45) is 2.17. The van der Waals surface area contributed by atoms with Crippen molar-refractivity contribution in [1.29, 1.82) is 0 Å². The summed E-state index contributed by atoms with van der Waals surface area (Å²) in [5.74, 6) is -0.0275. The third-order valence-corrected chi connectivity index (χ3v) is 2.39. The summed E-state index contributed by atoms with van der Waals surface area (Å²) in [6.45, 7) is 8.58. The van der Waals surface area contributed by atoms with Crippen LogP contribution in [-0.4, -0.2) is 50.7 Å². The second-order valence-corrected chi connectivity index (χ2v) is 3.52. The largest absolute Gasteiger partial charge is 0.375 e. The van der Waals surface area contributed by atoms with Crippen LogP contribution in [0.4, 0.5) is 0 Å². The van der Waals surface area contributed by atoms with E-state index in [2.05, 4.69) is 24.1 Å². The van der Waals surface area contributed by atoms with Gasteiger partial charge in [0.05, 0.1) is 0 Å². The molecule has 0 fully saturated rings. The van der Waals surface area contributed by atoms with Crippen molar-refractivity contribution in [3.63, 3.8) is 0 Å². The Bertz CT molecular complexity index is 159. The van der Waals surface area contributed by atoms with Gasteiger partial charge < -0.3 is 15.0 Å². The number of nitrogens with one attached hydrogen (secondary N) is 1. The summed E-state index contributed by atoms with van der Waals surface area (Å²) in [5.41, 5.74) is 0. The van der Waals surface area contributed by atoms with Crippen LogP contribution in [0.5, 0.6) is 0 Å². The quantitative estimate of drug-likeness (QED) is 0.582. The Hall–Kier alpha value is -0.610. The molecule has 0 bridgehead atoms. The van der Waals surface area contributed by atoms with Crippen LogP contribution in [0.15, 0.2) is 0 Å². The minimum atomic E-state index is -0.0275. The van der Waals surface area contributed by atoms with Gasteiger partial charge in [0.15, 0.2) is 0 Å². The molecule has 4 nitrogen and oxygen atoms in total. The van der Waals surface area contributed by atoms with Gasteiger partial charge in [0.1, 0.15) is 6.61 Å². The number of carbonyl (C=O) groups is 1. The Morgan fingerprint density at radius 2 is 1.93 bits per heavy atom. The Morgan fingerprint density at radius 1 is 1.27 bits per heavy atom. The van der Waals surface area contributed by atoms with Crippen LogP contribution in [-0.2, 0) is 9.53 Å². The highest BCUT2D eigenvalue weighted by Crippen LogP contribution is 1.93. The fourth-order valence-corrected chi connectivity index (χ4v) is 1.41. The van der Waals surface area contributed by atoms with Crippen molar-refractivity contribution in [3.05, 3.63) is 0 Å². The average molecular weight is 216 g/mol. The van der Waals surface area contributed by atoms with Crippen molar-refractivity contribution in [2.24, 2.45) is 0 Å². The maximum absolute atomic E-state index is 11.0. The first-order valence-corrected chi connectivity index (χ1v) is 5.72. The van der Waals surface area contributed by atoms with Crippen molar-refractivity contribution in [2.75, 3.05) is 39.9 Å². The lowest BCUT2D eigenvalue weighted by atomic mass is 10.3. The highest BCUT2D eigenvalue weighted by atomic mass is 16.5. The molecule has 0 unspecified atom stereocenters. The van der Waals surface area contributed by atoms with E-state index in [1.807, 2.05) is 0 Å². The van der Waals surface area contributed by atoms with Gasteiger partial charge in [0, 0.05) is 13.7 Å². The van der Waals surface area contributed by atoms with Gasteiger partial charge in [-0.15, -0.1) is 0 Å². The van der Waals surface area contributed by atoms with Crippen molar-refractivity contribution < 1.29 is 9.53 Å². The van der Waals surface area contributed by atoms with Crippen LogP contribution in [0.3, 0.4) is 0 Å². The summed E-state index contributed by atoms with van der Waals surface area (Å²) in [6, 6.07) is 0. The monoisotopic (exact) mass is 216 g/mol. The lowest BCUT2D eigenvalue weighted by molar-refractivity contribution is -0.124. The number of amides is 1. The van der Waals surface area contributed by atoms with Gasteiger partial charge in [0.25, 0.3) is 0 Å². The molecule has 0 saturated carbocycles. The smallest absolute Gasteiger partial charge is 0.245 e. The average Bonchev–Trinajstić information content (AvgIpc) is 2.24. The SMILES string of the molecule is CCN(CC)CCCCNC(=O)COC. The zero-order valence-electron chi connectivity index (χ0n) is 10.2. The molecule has 15 heavy (non-hydrogen) atoms. The number of rotatable bonds is 9. The molecule has 0 aliphatic rings. The Kier molecular flexibility index (Phi) is 9.52. The summed E-state index contributed by atoms with van der Waals surface area (Å²) >= 11 is 0. The molecule has 0 aromatic rings. The third kappa shape index (κ3) is 8.39. The molecule has 0 radical (unpaired) electrons. The van der Waals surface area contributed by atoms with E-state index in [0.29, 0.717) is 0 Å². The van der Waals surface area contributed by atoms with Crippen LogP contribution in [0.1, 0.15) is 26.7 Å². The number of unbranched alkanes of at least 4 members (excludes halogenated alkanes) is 1. The minimum Gasteiger partial charge on any atom is -0.375 e. The number of carbonyl (C=O) groups excluding carboxylic acids is 1. The van der Waals surface area contributed by atoms with E-state index in [1.165, 1.54) is 7.11 Å². The Labute approximate surface area is 93.0 Å². The standard InChI is InChI=1S/C11H24N2O2/c1-4-13(5-2)9-7-6-8-12-11(14)10-15-3/h4-10H2,1-3H3,(H,12,14). The van der Waals surface area contributed by atoms with Crippen molar-refractivity contribution in [3.8, 4) is 0 Å². The van der Waals surface area contributed by atoms with Crippen LogP contribution < -0.4 is 5.32 Å². The summed E-state index contributed by atoms with van der Waals surface area (Å²) in [7, 11) is 1.53. The Morgan fingerprint density at radius 3 is 2.47 bits per heavy atom.